The van der Waals surface area contributed by atoms with Crippen LogP contribution in [0.5, 0.6) is 11.8 Å². The molecule has 0 saturated heterocycles. The van der Waals surface area contributed by atoms with E-state index in [-0.39, 0.29) is 17.9 Å². The Labute approximate surface area is 162 Å². The molecule has 1 fully saturated rings. The number of rotatable bonds is 7. The van der Waals surface area contributed by atoms with Gasteiger partial charge < -0.3 is 14.4 Å². The zero-order valence-corrected chi connectivity index (χ0v) is 16.0. The highest BCUT2D eigenvalue weighted by Gasteiger charge is 2.36. The number of anilines is 2. The van der Waals surface area contributed by atoms with Gasteiger partial charge in [0, 0.05) is 18.9 Å². The fourth-order valence-corrected chi connectivity index (χ4v) is 3.14. The van der Waals surface area contributed by atoms with Crippen molar-refractivity contribution in [3.8, 4) is 11.8 Å². The molecule has 8 heteroatoms. The number of aromatic nitrogens is 2. The van der Waals surface area contributed by atoms with Crippen molar-refractivity contribution in [2.24, 2.45) is 0 Å². The average molecular weight is 395 g/mol. The normalized spacial score (nSPS) is 14.9. The van der Waals surface area contributed by atoms with Gasteiger partial charge in [0.1, 0.15) is 11.3 Å². The van der Waals surface area contributed by atoms with E-state index in [4.69, 9.17) is 9.47 Å². The highest BCUT2D eigenvalue weighted by molar-refractivity contribution is 5.63. The van der Waals surface area contributed by atoms with E-state index in [1.165, 1.54) is 24.8 Å². The predicted molar refractivity (Wildman–Crippen MR) is 100 cm³/mol. The largest absolute Gasteiger partial charge is 0.490 e. The van der Waals surface area contributed by atoms with Gasteiger partial charge in [-0.3, -0.25) is 0 Å². The molecule has 1 aliphatic carbocycles. The molecule has 0 bridgehead atoms. The Morgan fingerprint density at radius 2 is 1.82 bits per heavy atom. The highest BCUT2D eigenvalue weighted by Crippen LogP contribution is 2.38. The lowest BCUT2D eigenvalue weighted by Crippen LogP contribution is -2.19. The number of alkyl halides is 3. The topological polar surface area (TPSA) is 47.5 Å². The summed E-state index contributed by atoms with van der Waals surface area (Å²) in [6.45, 7) is 2.23. The van der Waals surface area contributed by atoms with Gasteiger partial charge in [0.15, 0.2) is 5.82 Å². The maximum atomic E-state index is 13.4. The maximum absolute atomic E-state index is 13.4. The molecule has 1 heterocycles. The van der Waals surface area contributed by atoms with Crippen LogP contribution in [0.15, 0.2) is 30.5 Å². The van der Waals surface area contributed by atoms with Crippen molar-refractivity contribution in [3.63, 3.8) is 0 Å². The minimum Gasteiger partial charge on any atom is -0.490 e. The van der Waals surface area contributed by atoms with Crippen LogP contribution in [0.3, 0.4) is 0 Å². The first-order valence-corrected chi connectivity index (χ1v) is 9.46. The van der Waals surface area contributed by atoms with E-state index in [0.717, 1.165) is 24.8 Å². The van der Waals surface area contributed by atoms with Crippen LogP contribution in [0.2, 0.25) is 0 Å². The minimum atomic E-state index is -4.57. The molecular formula is C20H24F3N3O2. The van der Waals surface area contributed by atoms with Crippen LogP contribution in [-0.2, 0) is 6.18 Å². The van der Waals surface area contributed by atoms with Gasteiger partial charge in [-0.25, -0.2) is 4.98 Å². The number of ether oxygens (including phenoxy) is 2. The van der Waals surface area contributed by atoms with Crippen molar-refractivity contribution in [1.82, 2.24) is 9.97 Å². The summed E-state index contributed by atoms with van der Waals surface area (Å²) < 4.78 is 51.5. The average Bonchev–Trinajstić information content (AvgIpc) is 3.18. The molecule has 0 spiro atoms. The number of hydrogen-bond donors (Lipinski definition) is 0. The highest BCUT2D eigenvalue weighted by atomic mass is 19.4. The first kappa shape index (κ1) is 20.2. The Morgan fingerprint density at radius 3 is 2.43 bits per heavy atom. The summed E-state index contributed by atoms with van der Waals surface area (Å²) in [5.74, 6) is 0.466. The van der Waals surface area contributed by atoms with Crippen molar-refractivity contribution in [1.29, 1.82) is 0 Å². The number of benzene rings is 1. The first-order valence-electron chi connectivity index (χ1n) is 9.46. The van der Waals surface area contributed by atoms with Crippen LogP contribution in [0.4, 0.5) is 24.7 Å². The van der Waals surface area contributed by atoms with E-state index in [1.807, 2.05) is 6.92 Å². The molecule has 0 aliphatic heterocycles. The van der Waals surface area contributed by atoms with Gasteiger partial charge in [-0.15, -0.1) is 0 Å². The fourth-order valence-electron chi connectivity index (χ4n) is 3.14. The second-order valence-corrected chi connectivity index (χ2v) is 6.81. The first-order chi connectivity index (χ1) is 13.4. The van der Waals surface area contributed by atoms with E-state index >= 15 is 0 Å². The van der Waals surface area contributed by atoms with Crippen molar-refractivity contribution < 1.29 is 22.6 Å². The smallest absolute Gasteiger partial charge is 0.421 e. The zero-order chi connectivity index (χ0) is 20.1. The minimum absolute atomic E-state index is 0.0714. The molecule has 28 heavy (non-hydrogen) atoms. The van der Waals surface area contributed by atoms with Crippen molar-refractivity contribution in [3.05, 3.63) is 36.0 Å². The maximum Gasteiger partial charge on any atom is 0.421 e. The lowest BCUT2D eigenvalue weighted by Gasteiger charge is -2.23. The molecule has 0 radical (unpaired) electrons. The van der Waals surface area contributed by atoms with Crippen LogP contribution < -0.4 is 14.4 Å². The van der Waals surface area contributed by atoms with E-state index < -0.39 is 11.7 Å². The Kier molecular flexibility index (Phi) is 6.26. The van der Waals surface area contributed by atoms with Gasteiger partial charge >= 0.3 is 12.2 Å². The number of hydrogen-bond acceptors (Lipinski definition) is 5. The molecule has 1 aromatic carbocycles. The molecule has 0 N–H and O–H groups in total. The summed E-state index contributed by atoms with van der Waals surface area (Å²) in [6, 6.07) is 6.91. The lowest BCUT2D eigenvalue weighted by atomic mass is 10.2. The molecule has 5 nitrogen and oxygen atoms in total. The molecule has 152 valence electrons. The molecule has 0 unspecified atom stereocenters. The molecule has 2 aromatic rings. The fraction of sp³-hybridized carbons (Fsp3) is 0.500. The van der Waals surface area contributed by atoms with E-state index in [2.05, 4.69) is 9.97 Å². The third kappa shape index (κ3) is 4.85. The van der Waals surface area contributed by atoms with Gasteiger partial charge in [0.05, 0.1) is 12.7 Å². The molecule has 3 rings (SSSR count). The molecule has 1 aromatic heterocycles. The third-order valence-electron chi connectivity index (χ3n) is 4.63. The summed E-state index contributed by atoms with van der Waals surface area (Å²) >= 11 is 0. The van der Waals surface area contributed by atoms with Crippen molar-refractivity contribution >= 4 is 11.5 Å². The number of halogens is 3. The summed E-state index contributed by atoms with van der Waals surface area (Å²) in [6.07, 6.45) is 1.54. The van der Waals surface area contributed by atoms with Crippen LogP contribution >= 0.6 is 0 Å². The molecule has 0 atom stereocenters. The third-order valence-corrected chi connectivity index (χ3v) is 4.63. The van der Waals surface area contributed by atoms with Gasteiger partial charge in [-0.1, -0.05) is 6.92 Å². The van der Waals surface area contributed by atoms with Crippen LogP contribution in [0.1, 0.15) is 44.6 Å². The molecular weight excluding hydrogens is 371 g/mol. The molecule has 1 aliphatic rings. The Bertz CT molecular complexity index is 775. The molecule has 0 amide bonds. The quantitative estimate of drug-likeness (QED) is 0.630. The second kappa shape index (κ2) is 8.67. The van der Waals surface area contributed by atoms with Gasteiger partial charge in [-0.2, -0.15) is 18.2 Å². The monoisotopic (exact) mass is 395 g/mol. The lowest BCUT2D eigenvalue weighted by molar-refractivity contribution is -0.137. The standard InChI is InChI=1S/C20H24F3N3O2/c1-3-12-27-19-24-13-17(20(21,22)23)18(25-19)26(2)14-8-10-16(11-9-14)28-15-6-4-5-7-15/h8-11,13,15H,3-7,12H2,1-2H3. The predicted octanol–water partition coefficient (Wildman–Crippen LogP) is 5.37. The van der Waals surface area contributed by atoms with Gasteiger partial charge in [0.2, 0.25) is 0 Å². The summed E-state index contributed by atoms with van der Waals surface area (Å²) in [5, 5.41) is 0. The summed E-state index contributed by atoms with van der Waals surface area (Å²) in [5.41, 5.74) is -0.352. The Hall–Kier alpha value is -2.51. The second-order valence-electron chi connectivity index (χ2n) is 6.81. The van der Waals surface area contributed by atoms with Crippen LogP contribution in [0.25, 0.3) is 0 Å². The zero-order valence-electron chi connectivity index (χ0n) is 16.0. The Morgan fingerprint density at radius 1 is 1.14 bits per heavy atom. The van der Waals surface area contributed by atoms with E-state index in [0.29, 0.717) is 18.7 Å². The Balaban J connectivity index is 1.83. The van der Waals surface area contributed by atoms with Crippen molar-refractivity contribution in [2.75, 3.05) is 18.6 Å². The van der Waals surface area contributed by atoms with Crippen molar-refractivity contribution in [2.45, 2.75) is 51.3 Å². The van der Waals surface area contributed by atoms with Gasteiger partial charge in [-0.05, 0) is 56.4 Å². The van der Waals surface area contributed by atoms with Gasteiger partial charge in [0.25, 0.3) is 0 Å². The summed E-state index contributed by atoms with van der Waals surface area (Å²) in [7, 11) is 1.54. The SMILES string of the molecule is CCCOc1ncc(C(F)(F)F)c(N(C)c2ccc(OC3CCCC3)cc2)n1. The summed E-state index contributed by atoms with van der Waals surface area (Å²) in [4.78, 5) is 9.07. The number of nitrogens with zero attached hydrogens (tertiary/aromatic N) is 3. The van der Waals surface area contributed by atoms with E-state index in [1.54, 1.807) is 24.3 Å². The van der Waals surface area contributed by atoms with Crippen LogP contribution in [-0.4, -0.2) is 29.7 Å². The van der Waals surface area contributed by atoms with Crippen LogP contribution in [0, 0.1) is 0 Å². The molecule has 1 saturated carbocycles. The van der Waals surface area contributed by atoms with E-state index in [9.17, 15) is 13.2 Å².